The monoisotopic (exact) mass is 406 g/mol. The number of pyridine rings is 1. The van der Waals surface area contributed by atoms with Crippen LogP contribution in [0.2, 0.25) is 0 Å². The highest BCUT2D eigenvalue weighted by molar-refractivity contribution is 6.45. The Hall–Kier alpha value is -3.68. The van der Waals surface area contributed by atoms with Crippen molar-refractivity contribution in [2.45, 2.75) is 13.0 Å². The van der Waals surface area contributed by atoms with Gasteiger partial charge in [-0.3, -0.25) is 19.4 Å². The number of ether oxygens (including phenoxy) is 1. The first-order valence-corrected chi connectivity index (χ1v) is 9.71. The predicted molar refractivity (Wildman–Crippen MR) is 110 cm³/mol. The zero-order valence-corrected chi connectivity index (χ0v) is 16.8. The Bertz CT molecular complexity index is 1110. The standard InChI is InChI=1S/C22H22N4O4/c1-14-13-25(21(28)17-6-3-4-9-23-17)10-11-26(14)22(29)20(27)15-12-24-16-7-5-8-18(30-2)19(15)16/h3-9,12,14,24H,10-11,13H2,1-2H3/t14-/m1/s1. The summed E-state index contributed by atoms with van der Waals surface area (Å²) in [5.74, 6) is -0.827. The second-order valence-corrected chi connectivity index (χ2v) is 7.23. The highest BCUT2D eigenvalue weighted by atomic mass is 16.5. The van der Waals surface area contributed by atoms with Crippen LogP contribution >= 0.6 is 0 Å². The Morgan fingerprint density at radius 1 is 1.13 bits per heavy atom. The third-order valence-corrected chi connectivity index (χ3v) is 5.39. The van der Waals surface area contributed by atoms with E-state index < -0.39 is 11.7 Å². The van der Waals surface area contributed by atoms with Gasteiger partial charge >= 0.3 is 0 Å². The van der Waals surface area contributed by atoms with E-state index in [1.54, 1.807) is 41.6 Å². The van der Waals surface area contributed by atoms with Crippen LogP contribution in [0.1, 0.15) is 27.8 Å². The molecule has 0 spiro atoms. The van der Waals surface area contributed by atoms with Gasteiger partial charge in [-0.1, -0.05) is 12.1 Å². The summed E-state index contributed by atoms with van der Waals surface area (Å²) in [6, 6.07) is 10.3. The van der Waals surface area contributed by atoms with E-state index in [0.717, 1.165) is 5.52 Å². The summed E-state index contributed by atoms with van der Waals surface area (Å²) in [6.07, 6.45) is 3.11. The number of fused-ring (bicyclic) bond motifs is 1. The van der Waals surface area contributed by atoms with Crippen LogP contribution in [-0.4, -0.2) is 70.2 Å². The summed E-state index contributed by atoms with van der Waals surface area (Å²) in [5, 5.41) is 0.593. The van der Waals surface area contributed by atoms with Crippen LogP contribution in [0.5, 0.6) is 5.75 Å². The molecule has 1 N–H and O–H groups in total. The number of Topliss-reactive ketones (excluding diaryl/α,β-unsaturated/α-hetero) is 1. The fourth-order valence-electron chi connectivity index (χ4n) is 3.84. The average molecular weight is 406 g/mol. The number of benzene rings is 1. The summed E-state index contributed by atoms with van der Waals surface area (Å²) < 4.78 is 5.36. The fraction of sp³-hybridized carbons (Fsp3) is 0.273. The first-order valence-electron chi connectivity index (χ1n) is 9.71. The van der Waals surface area contributed by atoms with Gasteiger partial charge in [-0.15, -0.1) is 0 Å². The SMILES string of the molecule is COc1cccc2[nH]cc(C(=O)C(=O)N3CCN(C(=O)c4ccccn4)C[C@H]3C)c12. The normalized spacial score (nSPS) is 16.5. The Labute approximate surface area is 173 Å². The van der Waals surface area contributed by atoms with Crippen LogP contribution in [-0.2, 0) is 4.79 Å². The van der Waals surface area contributed by atoms with E-state index >= 15 is 0 Å². The van der Waals surface area contributed by atoms with Gasteiger partial charge in [0.05, 0.1) is 18.1 Å². The molecule has 30 heavy (non-hydrogen) atoms. The molecule has 2 aromatic heterocycles. The maximum absolute atomic E-state index is 13.0. The number of aromatic amines is 1. The van der Waals surface area contributed by atoms with E-state index in [0.29, 0.717) is 29.9 Å². The minimum absolute atomic E-state index is 0.178. The highest BCUT2D eigenvalue weighted by Gasteiger charge is 2.34. The number of rotatable bonds is 4. The predicted octanol–water partition coefficient (Wildman–Crippen LogP) is 2.13. The van der Waals surface area contributed by atoms with Gasteiger partial charge < -0.3 is 19.5 Å². The van der Waals surface area contributed by atoms with Gasteiger partial charge in [0.1, 0.15) is 11.4 Å². The number of aromatic nitrogens is 2. The number of hydrogen-bond acceptors (Lipinski definition) is 5. The van der Waals surface area contributed by atoms with Crippen molar-refractivity contribution >= 4 is 28.5 Å². The molecule has 2 amide bonds. The smallest absolute Gasteiger partial charge is 0.295 e. The molecule has 4 rings (SSSR count). The maximum atomic E-state index is 13.0. The molecular weight excluding hydrogens is 384 g/mol. The van der Waals surface area contributed by atoms with Crippen LogP contribution < -0.4 is 4.74 Å². The van der Waals surface area contributed by atoms with E-state index in [1.807, 2.05) is 19.1 Å². The van der Waals surface area contributed by atoms with Gasteiger partial charge in [0.2, 0.25) is 0 Å². The summed E-state index contributed by atoms with van der Waals surface area (Å²) in [6.45, 7) is 2.80. The van der Waals surface area contributed by atoms with Gasteiger partial charge in [0.15, 0.2) is 0 Å². The first-order chi connectivity index (χ1) is 14.5. The number of ketones is 1. The highest BCUT2D eigenvalue weighted by Crippen LogP contribution is 2.29. The number of nitrogens with one attached hydrogen (secondary N) is 1. The number of H-pyrrole nitrogens is 1. The topological polar surface area (TPSA) is 95.6 Å². The zero-order valence-electron chi connectivity index (χ0n) is 16.8. The minimum atomic E-state index is -0.595. The van der Waals surface area contributed by atoms with Crippen molar-refractivity contribution in [2.75, 3.05) is 26.7 Å². The maximum Gasteiger partial charge on any atom is 0.295 e. The molecule has 1 fully saturated rings. The number of carbonyl (C=O) groups is 3. The number of methoxy groups -OCH3 is 1. The van der Waals surface area contributed by atoms with Gasteiger partial charge in [0, 0.05) is 43.6 Å². The lowest BCUT2D eigenvalue weighted by Gasteiger charge is -2.39. The number of nitrogens with zero attached hydrogens (tertiary/aromatic N) is 3. The lowest BCUT2D eigenvalue weighted by atomic mass is 10.1. The Kier molecular flexibility index (Phi) is 5.22. The van der Waals surface area contributed by atoms with Crippen LogP contribution in [0.3, 0.4) is 0 Å². The van der Waals surface area contributed by atoms with E-state index in [2.05, 4.69) is 9.97 Å². The molecule has 1 aliphatic heterocycles. The molecule has 3 aromatic rings. The summed E-state index contributed by atoms with van der Waals surface area (Å²) >= 11 is 0. The largest absolute Gasteiger partial charge is 0.496 e. The molecule has 8 nitrogen and oxygen atoms in total. The Morgan fingerprint density at radius 3 is 2.67 bits per heavy atom. The van der Waals surface area contributed by atoms with Gasteiger partial charge in [-0.2, -0.15) is 0 Å². The van der Waals surface area contributed by atoms with E-state index in [4.69, 9.17) is 4.74 Å². The van der Waals surface area contributed by atoms with Crippen molar-refractivity contribution < 1.29 is 19.1 Å². The van der Waals surface area contributed by atoms with Crippen molar-refractivity contribution in [1.29, 1.82) is 0 Å². The minimum Gasteiger partial charge on any atom is -0.496 e. The second-order valence-electron chi connectivity index (χ2n) is 7.23. The van der Waals surface area contributed by atoms with Gasteiger partial charge in [-0.25, -0.2) is 0 Å². The van der Waals surface area contributed by atoms with E-state index in [9.17, 15) is 14.4 Å². The van der Waals surface area contributed by atoms with Crippen molar-refractivity contribution in [2.24, 2.45) is 0 Å². The Morgan fingerprint density at radius 2 is 1.97 bits per heavy atom. The van der Waals surface area contributed by atoms with E-state index in [1.165, 1.54) is 12.0 Å². The van der Waals surface area contributed by atoms with Crippen LogP contribution in [0.15, 0.2) is 48.8 Å². The van der Waals surface area contributed by atoms with Crippen molar-refractivity contribution in [3.8, 4) is 5.75 Å². The molecule has 1 atom stereocenters. The summed E-state index contributed by atoms with van der Waals surface area (Å²) in [7, 11) is 1.53. The number of piperazine rings is 1. The van der Waals surface area contributed by atoms with Crippen LogP contribution in [0.4, 0.5) is 0 Å². The third kappa shape index (κ3) is 3.41. The van der Waals surface area contributed by atoms with Crippen molar-refractivity contribution in [3.05, 3.63) is 60.0 Å². The molecule has 0 saturated carbocycles. The van der Waals surface area contributed by atoms with Gasteiger partial charge in [0.25, 0.3) is 17.6 Å². The van der Waals surface area contributed by atoms with E-state index in [-0.39, 0.29) is 24.1 Å². The van der Waals surface area contributed by atoms with Crippen LogP contribution in [0, 0.1) is 0 Å². The van der Waals surface area contributed by atoms with Crippen LogP contribution in [0.25, 0.3) is 10.9 Å². The fourth-order valence-corrected chi connectivity index (χ4v) is 3.84. The lowest BCUT2D eigenvalue weighted by Crippen LogP contribution is -2.56. The summed E-state index contributed by atoms with van der Waals surface area (Å²) in [5.41, 5.74) is 1.38. The molecule has 0 radical (unpaired) electrons. The molecule has 1 aromatic carbocycles. The third-order valence-electron chi connectivity index (χ3n) is 5.39. The molecule has 0 bridgehead atoms. The lowest BCUT2D eigenvalue weighted by molar-refractivity contribution is -0.130. The zero-order chi connectivity index (χ0) is 21.3. The molecule has 0 unspecified atom stereocenters. The molecule has 8 heteroatoms. The van der Waals surface area contributed by atoms with Crippen molar-refractivity contribution in [3.63, 3.8) is 0 Å². The Balaban J connectivity index is 1.51. The molecule has 3 heterocycles. The molecule has 0 aliphatic carbocycles. The first kappa shape index (κ1) is 19.6. The second kappa shape index (κ2) is 7.98. The molecule has 154 valence electrons. The molecule has 1 saturated heterocycles. The molecular formula is C22H22N4O4. The number of amides is 2. The summed E-state index contributed by atoms with van der Waals surface area (Å²) in [4.78, 5) is 49.0. The van der Waals surface area contributed by atoms with Gasteiger partial charge in [-0.05, 0) is 31.2 Å². The average Bonchev–Trinajstić information content (AvgIpc) is 3.22. The molecule has 1 aliphatic rings. The number of carbonyl (C=O) groups excluding carboxylic acids is 3. The van der Waals surface area contributed by atoms with Crippen molar-refractivity contribution in [1.82, 2.24) is 19.8 Å². The quantitative estimate of drug-likeness (QED) is 0.529. The number of hydrogen-bond donors (Lipinski definition) is 1.